The van der Waals surface area contributed by atoms with Crippen molar-refractivity contribution in [3.05, 3.63) is 83.5 Å². The van der Waals surface area contributed by atoms with Crippen LogP contribution >= 0.6 is 0 Å². The Morgan fingerprint density at radius 2 is 1.62 bits per heavy atom. The first-order valence-electron chi connectivity index (χ1n) is 10.3. The van der Waals surface area contributed by atoms with Crippen molar-refractivity contribution in [2.75, 3.05) is 0 Å². The van der Waals surface area contributed by atoms with Crippen molar-refractivity contribution in [3.8, 4) is 11.1 Å². The first-order valence-corrected chi connectivity index (χ1v) is 10.3. The van der Waals surface area contributed by atoms with E-state index in [9.17, 15) is 0 Å². The van der Waals surface area contributed by atoms with E-state index in [-0.39, 0.29) is 0 Å². The third-order valence-corrected chi connectivity index (χ3v) is 5.58. The molecule has 136 valence electrons. The average Bonchev–Trinajstić information content (AvgIpc) is 2.70. The van der Waals surface area contributed by atoms with E-state index >= 15 is 0 Å². The Hall–Kier alpha value is -2.08. The minimum Gasteiger partial charge on any atom is -0.0917 e. The largest absolute Gasteiger partial charge is 0.0917 e. The van der Waals surface area contributed by atoms with Gasteiger partial charge in [-0.1, -0.05) is 85.7 Å². The van der Waals surface area contributed by atoms with Crippen LogP contribution in [-0.2, 0) is 6.42 Å². The Balaban J connectivity index is 1.61. The van der Waals surface area contributed by atoms with E-state index in [0.29, 0.717) is 5.92 Å². The Morgan fingerprint density at radius 1 is 0.923 bits per heavy atom. The Kier molecular flexibility index (Phi) is 6.89. The molecule has 0 heteroatoms. The lowest BCUT2D eigenvalue weighted by Crippen LogP contribution is -2.04. The highest BCUT2D eigenvalue weighted by Crippen LogP contribution is 2.34. The zero-order chi connectivity index (χ0) is 18.2. The molecule has 3 rings (SSSR count). The summed E-state index contributed by atoms with van der Waals surface area (Å²) in [5.41, 5.74) is 7.25. The summed E-state index contributed by atoms with van der Waals surface area (Å²) >= 11 is 0. The van der Waals surface area contributed by atoms with Gasteiger partial charge in [0.2, 0.25) is 0 Å². The summed E-state index contributed by atoms with van der Waals surface area (Å²) < 4.78 is 0. The van der Waals surface area contributed by atoms with Gasteiger partial charge in [0.05, 0.1) is 0 Å². The monoisotopic (exact) mass is 344 g/mol. The second kappa shape index (κ2) is 9.57. The van der Waals surface area contributed by atoms with E-state index in [1.807, 2.05) is 0 Å². The van der Waals surface area contributed by atoms with Gasteiger partial charge >= 0.3 is 0 Å². The zero-order valence-corrected chi connectivity index (χ0v) is 16.4. The summed E-state index contributed by atoms with van der Waals surface area (Å²) in [7, 11) is 0. The van der Waals surface area contributed by atoms with Gasteiger partial charge in [0.25, 0.3) is 0 Å². The molecule has 0 heterocycles. The molecule has 0 fully saturated rings. The van der Waals surface area contributed by atoms with Crippen LogP contribution < -0.4 is 0 Å². The van der Waals surface area contributed by atoms with Crippen molar-refractivity contribution in [1.29, 1.82) is 0 Å². The van der Waals surface area contributed by atoms with E-state index in [2.05, 4.69) is 80.6 Å². The van der Waals surface area contributed by atoms with Crippen LogP contribution in [0.15, 0.2) is 72.3 Å². The summed E-state index contributed by atoms with van der Waals surface area (Å²) in [6.45, 7) is 4.34. The Bertz CT molecular complexity index is 729. The van der Waals surface area contributed by atoms with Crippen LogP contribution in [0.3, 0.4) is 0 Å². The molecule has 0 nitrogen and oxygen atoms in total. The molecule has 0 aliphatic heterocycles. The lowest BCUT2D eigenvalue weighted by molar-refractivity contribution is 0.586. The van der Waals surface area contributed by atoms with Gasteiger partial charge in [-0.05, 0) is 73.6 Å². The number of allylic oxidation sites excluding steroid dienone is 4. The molecular weight excluding hydrogens is 312 g/mol. The van der Waals surface area contributed by atoms with Gasteiger partial charge in [-0.3, -0.25) is 0 Å². The maximum absolute atomic E-state index is 2.50. The standard InChI is InChI=1S/C26H32/c1-3-5-6-8-22-11-15-24(16-12-22)26-19-17-25(18-20-26)23-13-9-21(7-4-2)10-14-23/h3,5,9-11,13-14,17-20,24H,4,6-8,12,15-16H2,1-2H3/b5-3+. The number of hydrogen-bond donors (Lipinski definition) is 0. The second-order valence-electron chi connectivity index (χ2n) is 7.51. The predicted octanol–water partition coefficient (Wildman–Crippen LogP) is 7.86. The highest BCUT2D eigenvalue weighted by atomic mass is 14.2. The predicted molar refractivity (Wildman–Crippen MR) is 115 cm³/mol. The first kappa shape index (κ1) is 18.7. The molecule has 0 radical (unpaired) electrons. The van der Waals surface area contributed by atoms with Crippen molar-refractivity contribution >= 4 is 0 Å². The maximum Gasteiger partial charge on any atom is -0.0124 e. The molecule has 2 aromatic carbocycles. The van der Waals surface area contributed by atoms with Gasteiger partial charge in [0, 0.05) is 0 Å². The number of hydrogen-bond acceptors (Lipinski definition) is 0. The van der Waals surface area contributed by atoms with Crippen molar-refractivity contribution in [1.82, 2.24) is 0 Å². The number of rotatable bonds is 7. The van der Waals surface area contributed by atoms with Gasteiger partial charge in [-0.15, -0.1) is 0 Å². The molecule has 26 heavy (non-hydrogen) atoms. The van der Waals surface area contributed by atoms with Crippen molar-refractivity contribution in [2.24, 2.45) is 0 Å². The fraction of sp³-hybridized carbons (Fsp3) is 0.385. The third-order valence-electron chi connectivity index (χ3n) is 5.58. The van der Waals surface area contributed by atoms with Crippen LogP contribution in [0.25, 0.3) is 11.1 Å². The lowest BCUT2D eigenvalue weighted by Gasteiger charge is -2.22. The Labute approximate surface area is 159 Å². The van der Waals surface area contributed by atoms with E-state index in [1.165, 1.54) is 67.2 Å². The van der Waals surface area contributed by atoms with E-state index < -0.39 is 0 Å². The van der Waals surface area contributed by atoms with Gasteiger partial charge in [0.15, 0.2) is 0 Å². The van der Waals surface area contributed by atoms with E-state index in [1.54, 1.807) is 5.57 Å². The highest BCUT2D eigenvalue weighted by molar-refractivity contribution is 5.64. The molecule has 1 aliphatic rings. The number of aryl methyl sites for hydroxylation is 1. The first-order chi connectivity index (χ1) is 12.8. The van der Waals surface area contributed by atoms with E-state index in [4.69, 9.17) is 0 Å². The van der Waals surface area contributed by atoms with Crippen LogP contribution in [0.5, 0.6) is 0 Å². The van der Waals surface area contributed by atoms with Crippen molar-refractivity contribution in [2.45, 2.75) is 64.7 Å². The summed E-state index contributed by atoms with van der Waals surface area (Å²) in [6, 6.07) is 18.4. The molecule has 2 aromatic rings. The minimum atomic E-state index is 0.696. The SMILES string of the molecule is C/C=C/CCC1=CCC(c2ccc(-c3ccc(CCC)cc3)cc2)CC1. The third kappa shape index (κ3) is 4.97. The van der Waals surface area contributed by atoms with Crippen LogP contribution in [-0.4, -0.2) is 0 Å². The van der Waals surface area contributed by atoms with Crippen molar-refractivity contribution in [3.63, 3.8) is 0 Å². The molecule has 0 amide bonds. The molecule has 0 aromatic heterocycles. The molecule has 1 aliphatic carbocycles. The minimum absolute atomic E-state index is 0.696. The lowest BCUT2D eigenvalue weighted by atomic mass is 9.83. The quantitative estimate of drug-likeness (QED) is 0.448. The van der Waals surface area contributed by atoms with Gasteiger partial charge in [-0.25, -0.2) is 0 Å². The molecule has 0 saturated carbocycles. The Morgan fingerprint density at radius 3 is 2.19 bits per heavy atom. The normalized spacial score (nSPS) is 17.5. The number of benzene rings is 2. The molecular formula is C26H32. The van der Waals surface area contributed by atoms with Crippen LogP contribution in [0, 0.1) is 0 Å². The second-order valence-corrected chi connectivity index (χ2v) is 7.51. The van der Waals surface area contributed by atoms with E-state index in [0.717, 1.165) is 0 Å². The summed E-state index contributed by atoms with van der Waals surface area (Å²) in [5.74, 6) is 0.696. The molecule has 0 bridgehead atoms. The van der Waals surface area contributed by atoms with Gasteiger partial charge < -0.3 is 0 Å². The van der Waals surface area contributed by atoms with Crippen LogP contribution in [0.1, 0.15) is 69.4 Å². The smallest absolute Gasteiger partial charge is 0.0124 e. The molecule has 1 atom stereocenters. The summed E-state index contributed by atoms with van der Waals surface area (Å²) in [5, 5.41) is 0. The van der Waals surface area contributed by atoms with Gasteiger partial charge in [-0.2, -0.15) is 0 Å². The average molecular weight is 345 g/mol. The van der Waals surface area contributed by atoms with Crippen LogP contribution in [0.2, 0.25) is 0 Å². The summed E-state index contributed by atoms with van der Waals surface area (Å²) in [4.78, 5) is 0. The van der Waals surface area contributed by atoms with Crippen molar-refractivity contribution < 1.29 is 0 Å². The van der Waals surface area contributed by atoms with Gasteiger partial charge in [0.1, 0.15) is 0 Å². The molecule has 0 saturated heterocycles. The zero-order valence-electron chi connectivity index (χ0n) is 16.4. The van der Waals surface area contributed by atoms with Crippen LogP contribution in [0.4, 0.5) is 0 Å². The summed E-state index contributed by atoms with van der Waals surface area (Å²) in [6.07, 6.45) is 15.5. The maximum atomic E-state index is 2.50. The molecule has 1 unspecified atom stereocenters. The fourth-order valence-electron chi connectivity index (χ4n) is 3.95. The highest BCUT2D eigenvalue weighted by Gasteiger charge is 2.16. The molecule has 0 N–H and O–H groups in total. The molecule has 0 spiro atoms. The topological polar surface area (TPSA) is 0 Å². The fourth-order valence-corrected chi connectivity index (χ4v) is 3.95.